The van der Waals surface area contributed by atoms with Crippen molar-refractivity contribution in [2.45, 2.75) is 6.92 Å². The first-order chi connectivity index (χ1) is 60.9. The molecule has 578 valence electrons. The summed E-state index contributed by atoms with van der Waals surface area (Å²) in [6.45, 7) is 2.14. The summed E-state index contributed by atoms with van der Waals surface area (Å²) in [6, 6.07) is 168. The summed E-state index contributed by atoms with van der Waals surface area (Å²) in [5.41, 5.74) is 30.6. The Morgan fingerprint density at radius 2 is 0.585 bits per heavy atom. The van der Waals surface area contributed by atoms with E-state index in [0.29, 0.717) is 5.82 Å². The van der Waals surface area contributed by atoms with Crippen molar-refractivity contribution in [2.24, 2.45) is 0 Å². The van der Waals surface area contributed by atoms with Crippen LogP contribution in [0.3, 0.4) is 0 Å². The second-order valence-electron chi connectivity index (χ2n) is 31.6. The van der Waals surface area contributed by atoms with Gasteiger partial charge in [0.1, 0.15) is 0 Å². The van der Waals surface area contributed by atoms with E-state index in [4.69, 9.17) is 9.97 Å². The van der Waals surface area contributed by atoms with Gasteiger partial charge in [-0.25, -0.2) is 9.97 Å². The lowest BCUT2D eigenvalue weighted by molar-refractivity contribution is 1.18. The molecule has 20 aromatic carbocycles. The Hall–Kier alpha value is -16.3. The molecule has 0 amide bonds. The molecule has 123 heavy (non-hydrogen) atoms. The van der Waals surface area contributed by atoms with Gasteiger partial charge >= 0.3 is 0 Å². The van der Waals surface area contributed by atoms with Gasteiger partial charge in [-0.3, -0.25) is 0 Å². The molecule has 0 bridgehead atoms. The molecule has 3 aromatic heterocycles. The van der Waals surface area contributed by atoms with Crippen LogP contribution in [0.15, 0.2) is 467 Å². The van der Waals surface area contributed by atoms with Crippen LogP contribution >= 0.6 is 0 Å². The lowest BCUT2D eigenvalue weighted by atomic mass is 9.93. The third-order valence-corrected chi connectivity index (χ3v) is 24.2. The number of anilines is 6. The number of para-hydroxylation sites is 3. The Kier molecular flexibility index (Phi) is 18.8. The summed E-state index contributed by atoms with van der Waals surface area (Å²) in [5, 5.41) is 13.2. The van der Waals surface area contributed by atoms with Crippen molar-refractivity contribution in [1.29, 1.82) is 0 Å². The van der Waals surface area contributed by atoms with E-state index in [1.165, 1.54) is 115 Å². The van der Waals surface area contributed by atoms with Gasteiger partial charge in [-0.2, -0.15) is 0 Å². The Morgan fingerprint density at radius 1 is 0.203 bits per heavy atom. The fraction of sp³-hybridized carbons (Fsp3) is 0.00855. The molecule has 0 atom stereocenters. The summed E-state index contributed by atoms with van der Waals surface area (Å²) in [7, 11) is 0. The van der Waals surface area contributed by atoms with Gasteiger partial charge in [0.05, 0.1) is 44.7 Å². The van der Waals surface area contributed by atoms with Crippen molar-refractivity contribution < 1.29 is 0 Å². The predicted molar refractivity (Wildman–Crippen MR) is 519 cm³/mol. The lowest BCUT2D eigenvalue weighted by Gasteiger charge is -2.27. The highest BCUT2D eigenvalue weighted by Crippen LogP contribution is 2.47. The van der Waals surface area contributed by atoms with Crippen LogP contribution in [-0.4, -0.2) is 19.1 Å². The number of hydrogen-bond donors (Lipinski definition) is 0. The van der Waals surface area contributed by atoms with Crippen LogP contribution in [0.2, 0.25) is 0 Å². The van der Waals surface area contributed by atoms with Crippen molar-refractivity contribution in [3.05, 3.63) is 473 Å². The minimum Gasteiger partial charge on any atom is -0.310 e. The molecule has 0 radical (unpaired) electrons. The van der Waals surface area contributed by atoms with Gasteiger partial charge < -0.3 is 18.9 Å². The Morgan fingerprint density at radius 3 is 1.16 bits per heavy atom. The summed E-state index contributed by atoms with van der Waals surface area (Å²) in [5.74, 6) is 0.701. The standard InChI is InChI=1S/C64H42N4.C53H38N2/c1-3-18-46(19-4-1)63-58-27-13-14-28-59(58)65-64(66-63)49-34-39-57-56-38-33-48(41-61(56)68(62(57)42-49)50-22-5-2-6-23-50)54-25-12-11-24-53(54)45-31-35-51(36-32-45)67(52-37-30-43-16-7-8-20-47(43)40-52)60-29-15-21-44-17-9-10-26-55(44)60;1-37-25-30-43(31-26-37)54(51-24-12-16-39-15-5-6-21-48(39)51)44-32-27-40(28-33-44)46-19-7-8-20-47(46)42-29-34-50-49-22-9-10-23-52(49)55(53(50)36-42)45-18-11-17-41(35-45)38-13-3-2-4-14-38/h1-42H;2-36H,1H3. The third kappa shape index (κ3) is 13.6. The molecule has 0 aliphatic heterocycles. The van der Waals surface area contributed by atoms with Crippen LogP contribution in [0.5, 0.6) is 0 Å². The maximum atomic E-state index is 5.24. The predicted octanol–water partition coefficient (Wildman–Crippen LogP) is 31.9. The fourth-order valence-corrected chi connectivity index (χ4v) is 18.3. The summed E-state index contributed by atoms with van der Waals surface area (Å²) in [4.78, 5) is 15.1. The quantitative estimate of drug-likeness (QED) is 0.103. The average Bonchev–Trinajstić information content (AvgIpc) is 1.58. The van der Waals surface area contributed by atoms with Crippen LogP contribution in [0.4, 0.5) is 34.1 Å². The highest BCUT2D eigenvalue weighted by Gasteiger charge is 2.24. The largest absolute Gasteiger partial charge is 0.310 e. The molecule has 23 rings (SSSR count). The number of aromatic nitrogens is 4. The highest BCUT2D eigenvalue weighted by atomic mass is 15.2. The molecule has 0 saturated heterocycles. The number of aryl methyl sites for hydroxylation is 1. The fourth-order valence-electron chi connectivity index (χ4n) is 18.3. The molecular weight excluding hydrogens is 1490 g/mol. The van der Waals surface area contributed by atoms with Crippen LogP contribution in [0.25, 0.3) is 176 Å². The Bertz CT molecular complexity index is 7920. The first-order valence-electron chi connectivity index (χ1n) is 42.1. The van der Waals surface area contributed by atoms with Gasteiger partial charge in [0.15, 0.2) is 5.82 Å². The van der Waals surface area contributed by atoms with E-state index in [9.17, 15) is 0 Å². The number of hydrogen-bond acceptors (Lipinski definition) is 4. The van der Waals surface area contributed by atoms with Crippen LogP contribution < -0.4 is 9.80 Å². The maximum absolute atomic E-state index is 5.24. The zero-order valence-electron chi connectivity index (χ0n) is 67.6. The molecule has 0 N–H and O–H groups in total. The third-order valence-electron chi connectivity index (χ3n) is 24.2. The molecular formula is C117H80N6. The Balaban J connectivity index is 0.000000150. The molecule has 6 nitrogen and oxygen atoms in total. The molecule has 6 heteroatoms. The van der Waals surface area contributed by atoms with Crippen molar-refractivity contribution >= 4 is 121 Å². The summed E-state index contributed by atoms with van der Waals surface area (Å²) >= 11 is 0. The monoisotopic (exact) mass is 1570 g/mol. The summed E-state index contributed by atoms with van der Waals surface area (Å²) in [6.07, 6.45) is 0. The van der Waals surface area contributed by atoms with Crippen molar-refractivity contribution in [3.63, 3.8) is 0 Å². The number of nitrogens with zero attached hydrogens (tertiary/aromatic N) is 6. The molecule has 3 heterocycles. The van der Waals surface area contributed by atoms with E-state index in [0.717, 1.165) is 95.4 Å². The minimum atomic E-state index is 0.701. The lowest BCUT2D eigenvalue weighted by Crippen LogP contribution is -2.10. The molecule has 0 aliphatic carbocycles. The van der Waals surface area contributed by atoms with E-state index in [1.54, 1.807) is 0 Å². The van der Waals surface area contributed by atoms with Crippen LogP contribution in [0, 0.1) is 6.92 Å². The normalized spacial score (nSPS) is 11.5. The van der Waals surface area contributed by atoms with E-state index in [2.05, 4.69) is 481 Å². The molecule has 23 aromatic rings. The maximum Gasteiger partial charge on any atom is 0.160 e. The van der Waals surface area contributed by atoms with E-state index < -0.39 is 0 Å². The Labute approximate surface area is 714 Å². The molecule has 0 unspecified atom stereocenters. The number of rotatable bonds is 15. The molecule has 0 spiro atoms. The zero-order chi connectivity index (χ0) is 81.7. The molecule has 0 aliphatic rings. The average molecular weight is 1570 g/mol. The van der Waals surface area contributed by atoms with Gasteiger partial charge in [0, 0.05) is 83.0 Å². The van der Waals surface area contributed by atoms with E-state index in [1.807, 2.05) is 12.1 Å². The number of benzene rings is 20. The van der Waals surface area contributed by atoms with E-state index in [-0.39, 0.29) is 0 Å². The smallest absolute Gasteiger partial charge is 0.160 e. The number of fused-ring (bicyclic) bond motifs is 10. The summed E-state index contributed by atoms with van der Waals surface area (Å²) < 4.78 is 4.81. The SMILES string of the molecule is Cc1ccc(N(c2ccc(-c3ccccc3-c3ccc4c5ccccc5n(-c5cccc(-c6ccccc6)c5)c4c3)cc2)c2cccc3ccccc23)cc1.c1ccc(-c2nc(-c3ccc4c5ccc(-c6ccccc6-c6ccc(N(c7ccc8ccccc8c7)c7cccc8ccccc78)cc6)cc5n(-c5ccccc5)c4c3)nc3ccccc23)cc1. The first-order valence-corrected chi connectivity index (χ1v) is 42.1. The van der Waals surface area contributed by atoms with Crippen LogP contribution in [0.1, 0.15) is 5.56 Å². The highest BCUT2D eigenvalue weighted by molar-refractivity contribution is 6.13. The molecule has 0 fully saturated rings. The van der Waals surface area contributed by atoms with Gasteiger partial charge in [-0.05, 0) is 199 Å². The molecule has 0 saturated carbocycles. The topological polar surface area (TPSA) is 42.1 Å². The second-order valence-corrected chi connectivity index (χ2v) is 31.6. The van der Waals surface area contributed by atoms with E-state index >= 15 is 0 Å². The minimum absolute atomic E-state index is 0.701. The first kappa shape index (κ1) is 73.1. The van der Waals surface area contributed by atoms with Crippen molar-refractivity contribution in [2.75, 3.05) is 9.80 Å². The van der Waals surface area contributed by atoms with Crippen molar-refractivity contribution in [1.82, 2.24) is 19.1 Å². The van der Waals surface area contributed by atoms with Gasteiger partial charge in [0.2, 0.25) is 0 Å². The van der Waals surface area contributed by atoms with Crippen molar-refractivity contribution in [3.8, 4) is 89.7 Å². The van der Waals surface area contributed by atoms with Gasteiger partial charge in [0.25, 0.3) is 0 Å². The van der Waals surface area contributed by atoms with Gasteiger partial charge in [-0.1, -0.05) is 357 Å². The van der Waals surface area contributed by atoms with Gasteiger partial charge in [-0.15, -0.1) is 0 Å². The van der Waals surface area contributed by atoms with Crippen LogP contribution in [-0.2, 0) is 0 Å². The second kappa shape index (κ2) is 31.5. The zero-order valence-corrected chi connectivity index (χ0v) is 67.6.